The molecule has 0 saturated carbocycles. The lowest BCUT2D eigenvalue weighted by atomic mass is 10.0. The van der Waals surface area contributed by atoms with Gasteiger partial charge in [0, 0.05) is 6.54 Å². The van der Waals surface area contributed by atoms with Crippen LogP contribution in [0, 0.1) is 0 Å². The first-order valence-electron chi connectivity index (χ1n) is 9.39. The van der Waals surface area contributed by atoms with Crippen molar-refractivity contribution in [3.63, 3.8) is 0 Å². The average Bonchev–Trinajstić information content (AvgIpc) is 3.39. The maximum Gasteiger partial charge on any atom is 0.253 e. The molecule has 1 amide bonds. The number of carbonyl (C=O) groups excluding carboxylic acids is 1. The number of sulfonamides is 1. The van der Waals surface area contributed by atoms with Crippen LogP contribution in [0.25, 0.3) is 10.2 Å². The van der Waals surface area contributed by atoms with Crippen molar-refractivity contribution in [2.24, 2.45) is 0 Å². The Hall–Kier alpha value is -2.01. The minimum absolute atomic E-state index is 0.263. The van der Waals surface area contributed by atoms with E-state index in [0.717, 1.165) is 28.9 Å². The van der Waals surface area contributed by atoms with Gasteiger partial charge in [-0.15, -0.1) is 11.3 Å². The number of piperidine rings is 1. The summed E-state index contributed by atoms with van der Waals surface area (Å²) in [5.74, 6) is 0.322. The van der Waals surface area contributed by atoms with Crippen LogP contribution in [0.5, 0.6) is 5.75 Å². The number of fused-ring (bicyclic) bond motifs is 1. The molecule has 1 atom stereocenters. The summed E-state index contributed by atoms with van der Waals surface area (Å²) in [6.45, 7) is 2.77. The van der Waals surface area contributed by atoms with Crippen molar-refractivity contribution in [1.29, 1.82) is 0 Å². The Labute approximate surface area is 177 Å². The molecule has 0 spiro atoms. The number of ether oxygens (including phenoxy) is 1. The molecule has 154 valence electrons. The van der Waals surface area contributed by atoms with Crippen molar-refractivity contribution in [2.45, 2.75) is 36.4 Å². The fraction of sp³-hybridized carbons (Fsp3) is 0.368. The molecule has 1 aliphatic rings. The summed E-state index contributed by atoms with van der Waals surface area (Å²) >= 11 is 2.51. The second kappa shape index (κ2) is 8.39. The van der Waals surface area contributed by atoms with Gasteiger partial charge >= 0.3 is 0 Å². The third kappa shape index (κ3) is 4.02. The Morgan fingerprint density at radius 1 is 1.31 bits per heavy atom. The van der Waals surface area contributed by atoms with E-state index in [-0.39, 0.29) is 10.1 Å². The van der Waals surface area contributed by atoms with Gasteiger partial charge in [-0.05, 0) is 43.3 Å². The van der Waals surface area contributed by atoms with Gasteiger partial charge in [-0.2, -0.15) is 4.31 Å². The van der Waals surface area contributed by atoms with Gasteiger partial charge in [-0.25, -0.2) is 13.4 Å². The molecule has 1 N–H and O–H groups in total. The van der Waals surface area contributed by atoms with Crippen molar-refractivity contribution in [1.82, 2.24) is 9.29 Å². The number of rotatable bonds is 6. The summed E-state index contributed by atoms with van der Waals surface area (Å²) in [7, 11) is -3.69. The predicted octanol–water partition coefficient (Wildman–Crippen LogP) is 3.94. The molecule has 3 aromatic rings. The van der Waals surface area contributed by atoms with Gasteiger partial charge in [-0.1, -0.05) is 29.9 Å². The molecule has 2 aromatic heterocycles. The predicted molar refractivity (Wildman–Crippen MR) is 115 cm³/mol. The molecule has 0 radical (unpaired) electrons. The van der Waals surface area contributed by atoms with E-state index in [1.807, 2.05) is 25.1 Å². The number of para-hydroxylation sites is 1. The van der Waals surface area contributed by atoms with Gasteiger partial charge in [0.25, 0.3) is 10.0 Å². The quantitative estimate of drug-likeness (QED) is 0.613. The van der Waals surface area contributed by atoms with Crippen LogP contribution < -0.4 is 10.1 Å². The topological polar surface area (TPSA) is 88.6 Å². The van der Waals surface area contributed by atoms with Crippen molar-refractivity contribution in [3.8, 4) is 5.75 Å². The molecule has 1 aliphatic heterocycles. The van der Waals surface area contributed by atoms with E-state index < -0.39 is 16.1 Å². The number of aromatic nitrogens is 1. The third-order valence-corrected chi connectivity index (χ3v) is 8.94. The molecule has 3 heterocycles. The number of benzene rings is 1. The van der Waals surface area contributed by atoms with E-state index in [1.54, 1.807) is 17.5 Å². The Morgan fingerprint density at radius 2 is 2.17 bits per heavy atom. The number of nitrogens with zero attached hydrogens (tertiary/aromatic N) is 2. The fourth-order valence-electron chi connectivity index (χ4n) is 3.42. The van der Waals surface area contributed by atoms with Gasteiger partial charge in [0.2, 0.25) is 5.91 Å². The third-order valence-electron chi connectivity index (χ3n) is 4.73. The Bertz CT molecular complexity index is 1110. The number of amides is 1. The highest BCUT2D eigenvalue weighted by Gasteiger charge is 2.38. The zero-order chi connectivity index (χ0) is 20.4. The lowest BCUT2D eigenvalue weighted by Gasteiger charge is -2.32. The van der Waals surface area contributed by atoms with Gasteiger partial charge in [0.1, 0.15) is 21.5 Å². The van der Waals surface area contributed by atoms with Crippen LogP contribution in [0.2, 0.25) is 0 Å². The second-order valence-corrected chi connectivity index (χ2v) is 10.7. The van der Waals surface area contributed by atoms with Gasteiger partial charge in [0.15, 0.2) is 5.13 Å². The van der Waals surface area contributed by atoms with Gasteiger partial charge in [-0.3, -0.25) is 4.79 Å². The molecule has 1 saturated heterocycles. The standard InChI is InChI=1S/C19H21N3O4S3/c1-2-26-14-8-5-9-15-17(14)20-19(28-15)21-18(23)13-7-3-4-11-22(13)29(24,25)16-10-6-12-27-16/h5-6,8-10,12-13H,2-4,7,11H2,1H3,(H,20,21,23). The van der Waals surface area contributed by atoms with Crippen molar-refractivity contribution in [2.75, 3.05) is 18.5 Å². The molecular formula is C19H21N3O4S3. The number of thiophene rings is 1. The monoisotopic (exact) mass is 451 g/mol. The Kier molecular flexibility index (Phi) is 5.86. The minimum Gasteiger partial charge on any atom is -0.492 e. The smallest absolute Gasteiger partial charge is 0.253 e. The number of hydrogen-bond donors (Lipinski definition) is 1. The van der Waals surface area contributed by atoms with E-state index in [9.17, 15) is 13.2 Å². The number of hydrogen-bond acceptors (Lipinski definition) is 7. The van der Waals surface area contributed by atoms with Crippen LogP contribution >= 0.6 is 22.7 Å². The van der Waals surface area contributed by atoms with Crippen LogP contribution in [0.4, 0.5) is 5.13 Å². The molecule has 10 heteroatoms. The van der Waals surface area contributed by atoms with E-state index in [2.05, 4.69) is 10.3 Å². The largest absolute Gasteiger partial charge is 0.492 e. The molecule has 4 rings (SSSR count). The van der Waals surface area contributed by atoms with Gasteiger partial charge < -0.3 is 10.1 Å². The Morgan fingerprint density at radius 3 is 2.93 bits per heavy atom. The van der Waals surface area contributed by atoms with Crippen LogP contribution in [0.1, 0.15) is 26.2 Å². The molecule has 1 aromatic carbocycles. The molecule has 0 bridgehead atoms. The summed E-state index contributed by atoms with van der Waals surface area (Å²) in [5.41, 5.74) is 0.696. The van der Waals surface area contributed by atoms with Gasteiger partial charge in [0.05, 0.1) is 11.3 Å². The summed E-state index contributed by atoms with van der Waals surface area (Å²) in [4.78, 5) is 17.5. The average molecular weight is 452 g/mol. The molecule has 29 heavy (non-hydrogen) atoms. The lowest BCUT2D eigenvalue weighted by molar-refractivity contribution is -0.120. The van der Waals surface area contributed by atoms with E-state index in [1.165, 1.54) is 15.6 Å². The van der Waals surface area contributed by atoms with Crippen molar-refractivity contribution < 1.29 is 17.9 Å². The highest BCUT2D eigenvalue weighted by atomic mass is 32.2. The summed E-state index contributed by atoms with van der Waals surface area (Å²) in [5, 5.41) is 4.99. The highest BCUT2D eigenvalue weighted by Crippen LogP contribution is 2.33. The molecule has 1 unspecified atom stereocenters. The summed E-state index contributed by atoms with van der Waals surface area (Å²) in [6, 6.07) is 8.18. The van der Waals surface area contributed by atoms with Crippen molar-refractivity contribution >= 4 is 54.0 Å². The zero-order valence-electron chi connectivity index (χ0n) is 15.8. The fourth-order valence-corrected chi connectivity index (χ4v) is 7.08. The second-order valence-electron chi connectivity index (χ2n) is 6.60. The molecular weight excluding hydrogens is 430 g/mol. The zero-order valence-corrected chi connectivity index (χ0v) is 18.3. The molecule has 7 nitrogen and oxygen atoms in total. The number of thiazole rings is 1. The van der Waals surface area contributed by atoms with Crippen LogP contribution in [0.3, 0.4) is 0 Å². The SMILES string of the molecule is CCOc1cccc2sc(NC(=O)C3CCCCN3S(=O)(=O)c3cccs3)nc12. The maximum absolute atomic E-state index is 13.0. The number of carbonyl (C=O) groups is 1. The first-order chi connectivity index (χ1) is 14.0. The first-order valence-corrected chi connectivity index (χ1v) is 12.5. The lowest BCUT2D eigenvalue weighted by Crippen LogP contribution is -2.49. The summed E-state index contributed by atoms with van der Waals surface area (Å²) < 4.78 is 34.1. The number of nitrogens with one attached hydrogen (secondary N) is 1. The van der Waals surface area contributed by atoms with Crippen LogP contribution in [-0.2, 0) is 14.8 Å². The summed E-state index contributed by atoms with van der Waals surface area (Å²) in [6.07, 6.45) is 2.04. The molecule has 0 aliphatic carbocycles. The van der Waals surface area contributed by atoms with E-state index >= 15 is 0 Å². The maximum atomic E-state index is 13.0. The Balaban J connectivity index is 1.58. The normalized spacial score (nSPS) is 18.0. The van der Waals surface area contributed by atoms with Crippen molar-refractivity contribution in [3.05, 3.63) is 35.7 Å². The minimum atomic E-state index is -3.69. The highest BCUT2D eigenvalue weighted by molar-refractivity contribution is 7.91. The molecule has 1 fully saturated rings. The van der Waals surface area contributed by atoms with E-state index in [4.69, 9.17) is 4.74 Å². The van der Waals surface area contributed by atoms with Crippen LogP contribution in [-0.4, -0.2) is 42.8 Å². The first kappa shape index (κ1) is 20.3. The van der Waals surface area contributed by atoms with Crippen LogP contribution in [0.15, 0.2) is 39.9 Å². The van der Waals surface area contributed by atoms with E-state index in [0.29, 0.717) is 36.0 Å². The number of anilines is 1.